The molecule has 5 rings (SSSR count). The number of carbonyl (C=O) groups is 1. The fourth-order valence-electron chi connectivity index (χ4n) is 4.25. The molecule has 0 N–H and O–H groups in total. The van der Waals surface area contributed by atoms with Crippen LogP contribution < -0.4 is 4.90 Å². The van der Waals surface area contributed by atoms with Crippen molar-refractivity contribution < 1.29 is 22.4 Å². The average molecular weight is 436 g/mol. The van der Waals surface area contributed by atoms with E-state index in [1.54, 1.807) is 30.2 Å². The number of anilines is 1. The first kappa shape index (κ1) is 20.4. The zero-order chi connectivity index (χ0) is 22.1. The van der Waals surface area contributed by atoms with Gasteiger partial charge in [0.1, 0.15) is 22.9 Å². The molecule has 4 aromatic rings. The normalized spacial score (nSPS) is 14.2. The van der Waals surface area contributed by atoms with Gasteiger partial charge in [-0.25, -0.2) is 4.39 Å². The van der Waals surface area contributed by atoms with E-state index in [-0.39, 0.29) is 30.6 Å². The van der Waals surface area contributed by atoms with Crippen LogP contribution in [0.4, 0.5) is 10.3 Å². The Morgan fingerprint density at radius 3 is 2.62 bits per heavy atom. The van der Waals surface area contributed by atoms with E-state index in [1.165, 1.54) is 18.6 Å². The predicted molar refractivity (Wildman–Crippen MR) is 118 cm³/mol. The van der Waals surface area contributed by atoms with Crippen LogP contribution in [-0.4, -0.2) is 23.9 Å². The van der Waals surface area contributed by atoms with Crippen LogP contribution in [0.15, 0.2) is 62.0 Å². The molecular formula is C25H25FN2O4. The molecule has 0 saturated carbocycles. The minimum atomic E-state index is -0.367. The highest BCUT2D eigenvalue weighted by Crippen LogP contribution is 2.29. The minimum absolute atomic E-state index is 0.194. The molecule has 0 bridgehead atoms. The van der Waals surface area contributed by atoms with Crippen molar-refractivity contribution in [2.24, 2.45) is 0 Å². The highest BCUT2D eigenvalue weighted by atomic mass is 19.1. The summed E-state index contributed by atoms with van der Waals surface area (Å²) in [6.45, 7) is 4.26. The van der Waals surface area contributed by atoms with Crippen LogP contribution in [0.3, 0.4) is 0 Å². The Labute approximate surface area is 185 Å². The summed E-state index contributed by atoms with van der Waals surface area (Å²) in [5, 5.41) is 0.594. The number of nitrogens with zero attached hydrogens (tertiary/aromatic N) is 2. The monoisotopic (exact) mass is 436 g/mol. The number of fused-ring (bicyclic) bond motifs is 1. The molecule has 7 heteroatoms. The van der Waals surface area contributed by atoms with Crippen LogP contribution in [-0.2, 0) is 13.1 Å². The van der Waals surface area contributed by atoms with Gasteiger partial charge < -0.3 is 23.1 Å². The number of benzene rings is 1. The van der Waals surface area contributed by atoms with E-state index in [4.69, 9.17) is 13.3 Å². The lowest BCUT2D eigenvalue weighted by molar-refractivity contribution is 0.0674. The predicted octanol–water partition coefficient (Wildman–Crippen LogP) is 5.90. The molecule has 0 radical (unpaired) electrons. The number of furan rings is 3. The van der Waals surface area contributed by atoms with Gasteiger partial charge in [0.2, 0.25) is 0 Å². The summed E-state index contributed by atoms with van der Waals surface area (Å²) < 4.78 is 31.1. The van der Waals surface area contributed by atoms with Crippen LogP contribution in [0.2, 0.25) is 0 Å². The van der Waals surface area contributed by atoms with Gasteiger partial charge in [0.05, 0.1) is 19.4 Å². The lowest BCUT2D eigenvalue weighted by Crippen LogP contribution is -2.30. The van der Waals surface area contributed by atoms with Gasteiger partial charge in [-0.05, 0) is 62.6 Å². The first-order valence-electron chi connectivity index (χ1n) is 10.9. The number of hydrogen-bond acceptors (Lipinski definition) is 5. The topological polar surface area (TPSA) is 63.0 Å². The minimum Gasteiger partial charge on any atom is -0.467 e. The van der Waals surface area contributed by atoms with Crippen LogP contribution in [0.5, 0.6) is 0 Å². The average Bonchev–Trinajstić information content (AvgIpc) is 3.55. The van der Waals surface area contributed by atoms with Crippen LogP contribution in [0, 0.1) is 12.7 Å². The van der Waals surface area contributed by atoms with E-state index in [2.05, 4.69) is 4.90 Å². The number of rotatable bonds is 6. The van der Waals surface area contributed by atoms with Crippen molar-refractivity contribution in [1.82, 2.24) is 4.90 Å². The third kappa shape index (κ3) is 4.02. The quantitative estimate of drug-likeness (QED) is 0.377. The fourth-order valence-corrected chi connectivity index (χ4v) is 4.25. The number of aryl methyl sites for hydroxylation is 1. The van der Waals surface area contributed by atoms with Crippen molar-refractivity contribution in [3.8, 4) is 0 Å². The first-order chi connectivity index (χ1) is 15.6. The van der Waals surface area contributed by atoms with Gasteiger partial charge in [0, 0.05) is 30.1 Å². The van der Waals surface area contributed by atoms with E-state index >= 15 is 0 Å². The standard InChI is InChI=1S/C25H25FN2O4/c1-17-21-14-18(26)7-9-22(21)32-24(17)25(29)28(15-19-6-5-13-30-19)16-20-8-10-23(31-20)27-11-3-2-4-12-27/h5-10,13-14H,2-4,11-12,15-16H2,1H3. The second-order valence-electron chi connectivity index (χ2n) is 8.22. The van der Waals surface area contributed by atoms with E-state index in [0.717, 1.165) is 31.8 Å². The lowest BCUT2D eigenvalue weighted by atomic mass is 10.1. The molecule has 166 valence electrons. The Hall–Kier alpha value is -3.48. The highest BCUT2D eigenvalue weighted by Gasteiger charge is 2.26. The molecule has 0 spiro atoms. The van der Waals surface area contributed by atoms with E-state index in [0.29, 0.717) is 28.1 Å². The summed E-state index contributed by atoms with van der Waals surface area (Å²) in [5.74, 6) is 1.70. The Kier molecular flexibility index (Phi) is 5.47. The maximum Gasteiger partial charge on any atom is 0.290 e. The third-order valence-electron chi connectivity index (χ3n) is 5.97. The van der Waals surface area contributed by atoms with E-state index in [1.807, 2.05) is 18.2 Å². The van der Waals surface area contributed by atoms with Crippen molar-refractivity contribution in [2.45, 2.75) is 39.3 Å². The maximum absolute atomic E-state index is 13.7. The molecular weight excluding hydrogens is 411 g/mol. The van der Waals surface area contributed by atoms with Gasteiger partial charge >= 0.3 is 0 Å². The summed E-state index contributed by atoms with van der Waals surface area (Å²) in [5.41, 5.74) is 1.10. The molecule has 1 fully saturated rings. The van der Waals surface area contributed by atoms with Crippen LogP contribution >= 0.6 is 0 Å². The number of carbonyl (C=O) groups excluding carboxylic acids is 1. The first-order valence-corrected chi connectivity index (χ1v) is 10.9. The van der Waals surface area contributed by atoms with E-state index < -0.39 is 0 Å². The fraction of sp³-hybridized carbons (Fsp3) is 0.320. The molecule has 0 atom stereocenters. The number of piperidine rings is 1. The van der Waals surface area contributed by atoms with Gasteiger partial charge in [-0.15, -0.1) is 0 Å². The molecule has 1 amide bonds. The smallest absolute Gasteiger partial charge is 0.290 e. The second-order valence-corrected chi connectivity index (χ2v) is 8.22. The van der Waals surface area contributed by atoms with Gasteiger partial charge in [-0.1, -0.05) is 0 Å². The molecule has 1 aromatic carbocycles. The van der Waals surface area contributed by atoms with Crippen molar-refractivity contribution in [2.75, 3.05) is 18.0 Å². The Bertz CT molecular complexity index is 1220. The zero-order valence-electron chi connectivity index (χ0n) is 18.0. The van der Waals surface area contributed by atoms with Crippen LogP contribution in [0.1, 0.15) is 46.9 Å². The number of amides is 1. The molecule has 0 unspecified atom stereocenters. The number of halogens is 1. The van der Waals surface area contributed by atoms with Gasteiger partial charge in [-0.3, -0.25) is 4.79 Å². The molecule has 6 nitrogen and oxygen atoms in total. The molecule has 1 aliphatic heterocycles. The third-order valence-corrected chi connectivity index (χ3v) is 5.97. The van der Waals surface area contributed by atoms with E-state index in [9.17, 15) is 9.18 Å². The summed E-state index contributed by atoms with van der Waals surface area (Å²) in [4.78, 5) is 17.4. The zero-order valence-corrected chi connectivity index (χ0v) is 18.0. The molecule has 1 aliphatic rings. The summed E-state index contributed by atoms with van der Waals surface area (Å²) >= 11 is 0. The molecule has 1 saturated heterocycles. The van der Waals surface area contributed by atoms with Crippen molar-refractivity contribution in [1.29, 1.82) is 0 Å². The van der Waals surface area contributed by atoms with Crippen LogP contribution in [0.25, 0.3) is 11.0 Å². The van der Waals surface area contributed by atoms with Gasteiger partial charge in [-0.2, -0.15) is 0 Å². The molecule has 0 aliphatic carbocycles. The lowest BCUT2D eigenvalue weighted by Gasteiger charge is -2.26. The van der Waals surface area contributed by atoms with Crippen molar-refractivity contribution >= 4 is 22.8 Å². The summed E-state index contributed by atoms with van der Waals surface area (Å²) in [7, 11) is 0. The molecule has 32 heavy (non-hydrogen) atoms. The molecule has 3 aromatic heterocycles. The SMILES string of the molecule is Cc1c(C(=O)N(Cc2ccco2)Cc2ccc(N3CCCCC3)o2)oc2ccc(F)cc12. The number of hydrogen-bond donors (Lipinski definition) is 0. The van der Waals surface area contributed by atoms with Crippen molar-refractivity contribution in [3.63, 3.8) is 0 Å². The Morgan fingerprint density at radius 1 is 1.03 bits per heavy atom. The Morgan fingerprint density at radius 2 is 1.84 bits per heavy atom. The van der Waals surface area contributed by atoms with Crippen molar-refractivity contribution in [3.05, 3.63) is 77.4 Å². The van der Waals surface area contributed by atoms with Gasteiger partial charge in [0.25, 0.3) is 5.91 Å². The Balaban J connectivity index is 1.43. The summed E-state index contributed by atoms with van der Waals surface area (Å²) in [6.07, 6.45) is 5.14. The highest BCUT2D eigenvalue weighted by molar-refractivity contribution is 5.98. The van der Waals surface area contributed by atoms with Gasteiger partial charge in [0.15, 0.2) is 11.6 Å². The second kappa shape index (κ2) is 8.57. The maximum atomic E-state index is 13.7. The largest absolute Gasteiger partial charge is 0.467 e. The molecule has 4 heterocycles. The summed E-state index contributed by atoms with van der Waals surface area (Å²) in [6, 6.07) is 11.7.